The van der Waals surface area contributed by atoms with E-state index in [2.05, 4.69) is 30.6 Å². The van der Waals surface area contributed by atoms with Crippen LogP contribution in [0.4, 0.5) is 10.3 Å². The fraction of sp³-hybridized carbons (Fsp3) is 0. The van der Waals surface area contributed by atoms with E-state index in [1.54, 1.807) is 12.1 Å². The lowest BCUT2D eigenvalue weighted by Crippen LogP contribution is -2.21. The first kappa shape index (κ1) is 18.7. The van der Waals surface area contributed by atoms with E-state index in [4.69, 9.17) is 0 Å². The lowest BCUT2D eigenvalue weighted by Gasteiger charge is -1.96. The van der Waals surface area contributed by atoms with Gasteiger partial charge >= 0.3 is 0 Å². The van der Waals surface area contributed by atoms with Crippen molar-refractivity contribution in [1.82, 2.24) is 20.6 Å². The number of carbonyl (C=O) groups is 2. The van der Waals surface area contributed by atoms with Gasteiger partial charge in [-0.3, -0.25) is 9.59 Å². The Morgan fingerprint density at radius 3 is 1.47 bits per heavy atom. The normalized spacial score (nSPS) is 16.9. The Hall–Kier alpha value is -4.02. The molecule has 6 rings (SSSR count). The molecule has 4 heterocycles. The maximum atomic E-state index is 12.1. The van der Waals surface area contributed by atoms with Crippen molar-refractivity contribution in [3.05, 3.63) is 81.5 Å². The first-order valence-corrected chi connectivity index (χ1v) is 11.3. The van der Waals surface area contributed by atoms with E-state index in [9.17, 15) is 9.59 Å². The summed E-state index contributed by atoms with van der Waals surface area (Å²) >= 11 is 2.72. The number of nitrogens with one attached hydrogen (secondary N) is 2. The van der Waals surface area contributed by atoms with Crippen LogP contribution in [0.15, 0.2) is 69.3 Å². The molecule has 32 heavy (non-hydrogen) atoms. The van der Waals surface area contributed by atoms with E-state index in [0.29, 0.717) is 44.4 Å². The molecule has 2 aliphatic rings. The summed E-state index contributed by atoms with van der Waals surface area (Å²) in [5, 5.41) is 10.3. The van der Waals surface area contributed by atoms with Gasteiger partial charge in [-0.05, 0) is 12.1 Å². The average molecular weight is 457 g/mol. The molecule has 2 N–H and O–H groups in total. The number of benzene rings is 2. The predicted octanol–water partition coefficient (Wildman–Crippen LogP) is 3.91. The van der Waals surface area contributed by atoms with Crippen LogP contribution >= 0.6 is 22.7 Å². The van der Waals surface area contributed by atoms with Crippen LogP contribution in [0.2, 0.25) is 0 Å². The van der Waals surface area contributed by atoms with Gasteiger partial charge in [0.1, 0.15) is 23.1 Å². The van der Waals surface area contributed by atoms with Crippen molar-refractivity contribution in [3.63, 3.8) is 0 Å². The molecule has 0 bridgehead atoms. The van der Waals surface area contributed by atoms with Crippen LogP contribution in [0, 0.1) is 0 Å². The molecular weight excluding hydrogens is 444 g/mol. The molecule has 0 saturated heterocycles. The molecular formula is C22H12N6O2S2. The van der Waals surface area contributed by atoms with E-state index < -0.39 is 0 Å². The number of aliphatic imine (C=N–C) groups is 2. The lowest BCUT2D eigenvalue weighted by molar-refractivity contribution is 0.0975. The Balaban J connectivity index is 1.27. The second kappa shape index (κ2) is 7.29. The highest BCUT2D eigenvalue weighted by Crippen LogP contribution is 2.31. The van der Waals surface area contributed by atoms with Crippen LogP contribution in [0.5, 0.6) is 0 Å². The van der Waals surface area contributed by atoms with E-state index in [0.717, 1.165) is 11.1 Å². The Labute approximate surface area is 189 Å². The zero-order chi connectivity index (χ0) is 21.7. The third-order valence-corrected chi connectivity index (χ3v) is 6.45. The number of thiazole rings is 2. The van der Waals surface area contributed by atoms with Crippen LogP contribution in [-0.2, 0) is 0 Å². The van der Waals surface area contributed by atoms with Gasteiger partial charge in [-0.25, -0.2) is 20.0 Å². The zero-order valence-corrected chi connectivity index (χ0v) is 17.8. The third-order valence-electron chi connectivity index (χ3n) is 4.98. The minimum Gasteiger partial charge on any atom is -0.306 e. The molecule has 0 radical (unpaired) electrons. The first-order valence-electron chi connectivity index (χ1n) is 9.56. The van der Waals surface area contributed by atoms with Crippen LogP contribution in [0.3, 0.4) is 0 Å². The van der Waals surface area contributed by atoms with Gasteiger partial charge in [-0.1, -0.05) is 36.4 Å². The molecule has 0 saturated carbocycles. The zero-order valence-electron chi connectivity index (χ0n) is 16.2. The molecule has 10 heteroatoms. The van der Waals surface area contributed by atoms with Crippen molar-refractivity contribution >= 4 is 56.4 Å². The number of hydrogen-bond acceptors (Lipinski definition) is 8. The molecule has 8 nitrogen and oxygen atoms in total. The monoisotopic (exact) mass is 456 g/mol. The highest BCUT2D eigenvalue weighted by molar-refractivity contribution is 7.14. The van der Waals surface area contributed by atoms with Crippen molar-refractivity contribution in [2.24, 2.45) is 9.98 Å². The van der Waals surface area contributed by atoms with Gasteiger partial charge in [0.25, 0.3) is 11.8 Å². The molecule has 0 unspecified atom stereocenters. The molecule has 0 aliphatic carbocycles. The smallest absolute Gasteiger partial charge is 0.257 e. The molecule has 2 amide bonds. The Kier molecular flexibility index (Phi) is 4.27. The summed E-state index contributed by atoms with van der Waals surface area (Å²) in [5.74, 6) is 0.653. The van der Waals surface area contributed by atoms with Crippen molar-refractivity contribution in [2.45, 2.75) is 0 Å². The number of amidine groups is 2. The summed E-state index contributed by atoms with van der Waals surface area (Å²) in [6, 6.07) is 14.6. The average Bonchev–Trinajstić information content (AvgIpc) is 3.58. The number of amides is 2. The molecule has 154 valence electrons. The molecule has 4 aromatic rings. The van der Waals surface area contributed by atoms with Crippen LogP contribution in [-0.4, -0.2) is 33.5 Å². The molecule has 0 fully saturated rings. The van der Waals surface area contributed by atoms with Crippen LogP contribution in [0.25, 0.3) is 11.4 Å². The van der Waals surface area contributed by atoms with Gasteiger partial charge in [0.15, 0.2) is 0 Å². The summed E-state index contributed by atoms with van der Waals surface area (Å²) < 4.78 is 0. The quantitative estimate of drug-likeness (QED) is 0.487. The number of carbonyl (C=O) groups excluding carboxylic acids is 2. The molecule has 2 aliphatic heterocycles. The fourth-order valence-electron chi connectivity index (χ4n) is 3.49. The predicted molar refractivity (Wildman–Crippen MR) is 123 cm³/mol. The minimum atomic E-state index is -0.167. The van der Waals surface area contributed by atoms with Crippen LogP contribution in [0.1, 0.15) is 31.8 Å². The second-order valence-electron chi connectivity index (χ2n) is 6.95. The summed E-state index contributed by atoms with van der Waals surface area (Å²) in [5.41, 5.74) is 4.08. The van der Waals surface area contributed by atoms with Crippen molar-refractivity contribution < 1.29 is 9.59 Å². The molecule has 0 spiro atoms. The largest absolute Gasteiger partial charge is 0.306 e. The number of aromatic nitrogens is 2. The molecule has 0 atom stereocenters. The van der Waals surface area contributed by atoms with Gasteiger partial charge in [0, 0.05) is 21.9 Å². The summed E-state index contributed by atoms with van der Waals surface area (Å²) in [6.45, 7) is 0. The summed E-state index contributed by atoms with van der Waals surface area (Å²) in [4.78, 5) is 42.3. The fourth-order valence-corrected chi connectivity index (χ4v) is 4.86. The van der Waals surface area contributed by atoms with E-state index in [1.807, 2.05) is 47.2 Å². The Morgan fingerprint density at radius 1 is 0.625 bits per heavy atom. The van der Waals surface area contributed by atoms with Crippen molar-refractivity contribution in [1.29, 1.82) is 0 Å². The maximum absolute atomic E-state index is 12.1. The number of hydrogen-bond donors (Lipinski definition) is 2. The van der Waals surface area contributed by atoms with Gasteiger partial charge in [-0.15, -0.1) is 22.7 Å². The molecule has 2 aromatic carbocycles. The number of nitrogens with zero attached hydrogens (tertiary/aromatic N) is 4. The van der Waals surface area contributed by atoms with Gasteiger partial charge in [0.05, 0.1) is 11.1 Å². The third kappa shape index (κ3) is 3.13. The van der Waals surface area contributed by atoms with Gasteiger partial charge < -0.3 is 10.6 Å². The first-order chi connectivity index (χ1) is 15.7. The van der Waals surface area contributed by atoms with Crippen molar-refractivity contribution in [3.8, 4) is 11.4 Å². The standard InChI is InChI=1S/C22H12N6O2S2/c29-19-13-7-3-1-5-11(13)17(25-19)27-21-23-15(9-31-21)16-10-32-22(24-16)28-18-12-6-2-4-8-14(12)20(30)26-18/h1-10H,(H,23,25,27,29)(H,24,26,28,30). The summed E-state index contributed by atoms with van der Waals surface area (Å²) in [6.07, 6.45) is 0. The van der Waals surface area contributed by atoms with Gasteiger partial charge in [-0.2, -0.15) is 0 Å². The van der Waals surface area contributed by atoms with Crippen LogP contribution < -0.4 is 10.6 Å². The van der Waals surface area contributed by atoms with E-state index in [-0.39, 0.29) is 11.8 Å². The number of fused-ring (bicyclic) bond motifs is 2. The SMILES string of the molecule is O=C1N/C(=N\c2nc(-c3csc(/N=C4\NC(=O)c5ccccc54)n3)cs2)c2ccccc21. The van der Waals surface area contributed by atoms with E-state index >= 15 is 0 Å². The highest BCUT2D eigenvalue weighted by atomic mass is 32.1. The molecule has 2 aromatic heterocycles. The van der Waals surface area contributed by atoms with E-state index in [1.165, 1.54) is 22.7 Å². The Bertz CT molecular complexity index is 1370. The Morgan fingerprint density at radius 2 is 1.03 bits per heavy atom. The second-order valence-corrected chi connectivity index (χ2v) is 8.62. The highest BCUT2D eigenvalue weighted by Gasteiger charge is 2.26. The topological polar surface area (TPSA) is 109 Å². The lowest BCUT2D eigenvalue weighted by atomic mass is 10.1. The van der Waals surface area contributed by atoms with Crippen molar-refractivity contribution in [2.75, 3.05) is 0 Å². The number of rotatable bonds is 3. The maximum Gasteiger partial charge on any atom is 0.257 e. The minimum absolute atomic E-state index is 0.167. The summed E-state index contributed by atoms with van der Waals surface area (Å²) in [7, 11) is 0. The van der Waals surface area contributed by atoms with Gasteiger partial charge in [0.2, 0.25) is 10.3 Å².